The number of rotatable bonds is 8. The van der Waals surface area contributed by atoms with Gasteiger partial charge in [0.25, 0.3) is 0 Å². The Labute approximate surface area is 158 Å². The first-order valence-corrected chi connectivity index (χ1v) is 10.2. The minimum atomic E-state index is -0.302. The van der Waals surface area contributed by atoms with Crippen molar-refractivity contribution in [2.75, 3.05) is 26.2 Å². The number of hydrogen-bond acceptors (Lipinski definition) is 3. The average molecular weight is 365 g/mol. The summed E-state index contributed by atoms with van der Waals surface area (Å²) in [5, 5.41) is 12.5. The summed E-state index contributed by atoms with van der Waals surface area (Å²) in [4.78, 5) is 26.4. The maximum absolute atomic E-state index is 12.3. The zero-order chi connectivity index (χ0) is 19.3. The van der Waals surface area contributed by atoms with E-state index in [1.165, 1.54) is 0 Å². The summed E-state index contributed by atoms with van der Waals surface area (Å²) in [6, 6.07) is 0. The molecule has 0 aromatic carbocycles. The van der Waals surface area contributed by atoms with E-state index in [9.17, 15) is 14.7 Å². The molecule has 1 heterocycles. The number of nitrogens with zero attached hydrogens (tertiary/aromatic N) is 1. The van der Waals surface area contributed by atoms with Gasteiger partial charge in [-0.2, -0.15) is 0 Å². The lowest BCUT2D eigenvalue weighted by Gasteiger charge is -2.38. The lowest BCUT2D eigenvalue weighted by Crippen LogP contribution is -2.43. The molecule has 3 unspecified atom stereocenters. The average Bonchev–Trinajstić information content (AvgIpc) is 3.34. The van der Waals surface area contributed by atoms with Gasteiger partial charge in [0.1, 0.15) is 0 Å². The third kappa shape index (κ3) is 4.67. The van der Waals surface area contributed by atoms with Crippen molar-refractivity contribution in [3.8, 4) is 0 Å². The summed E-state index contributed by atoms with van der Waals surface area (Å²) in [6.45, 7) is 2.30. The number of likely N-dealkylation sites (tertiary alicyclic amines) is 1. The van der Waals surface area contributed by atoms with Gasteiger partial charge in [0.2, 0.25) is 11.8 Å². The molecule has 26 heavy (non-hydrogen) atoms. The molecule has 2 aliphatic carbocycles. The van der Waals surface area contributed by atoms with Crippen molar-refractivity contribution in [3.05, 3.63) is 12.2 Å². The van der Waals surface area contributed by atoms with Crippen molar-refractivity contribution >= 4 is 11.8 Å². The Kier molecular flexibility index (Phi) is 5.93. The van der Waals surface area contributed by atoms with Crippen LogP contribution in [0, 0.1) is 23.2 Å². The highest BCUT2D eigenvalue weighted by molar-refractivity contribution is 5.80. The molecule has 0 radical (unpaired) electrons. The molecule has 3 rings (SSSR count). The van der Waals surface area contributed by atoms with Gasteiger partial charge in [-0.15, -0.1) is 0 Å². The molecule has 5 nitrogen and oxygen atoms in total. The first kappa shape index (κ1) is 18.0. The number of hydrogen-bond donors (Lipinski definition) is 2. The second-order valence-corrected chi connectivity index (χ2v) is 8.53. The fraction of sp³-hybridized carbons (Fsp3) is 0.810. The normalized spacial score (nSPS) is 29.7. The van der Waals surface area contributed by atoms with Crippen LogP contribution in [0.15, 0.2) is 12.2 Å². The van der Waals surface area contributed by atoms with Crippen molar-refractivity contribution in [1.82, 2.24) is 10.2 Å². The monoisotopic (exact) mass is 364 g/mol. The van der Waals surface area contributed by atoms with E-state index in [4.69, 9.17) is 1.37 Å². The minimum absolute atomic E-state index is 0.0444. The number of piperidine rings is 1. The van der Waals surface area contributed by atoms with Crippen molar-refractivity contribution in [2.24, 2.45) is 23.2 Å². The van der Waals surface area contributed by atoms with Crippen LogP contribution in [0.3, 0.4) is 0 Å². The number of nitrogens with one attached hydrogen (secondary N) is 1. The fourth-order valence-electron chi connectivity index (χ4n) is 4.55. The Bertz CT molecular complexity index is 552. The fourth-order valence-corrected chi connectivity index (χ4v) is 4.55. The summed E-state index contributed by atoms with van der Waals surface area (Å²) < 4.78 is 7.61. The molecule has 1 aliphatic heterocycles. The third-order valence-corrected chi connectivity index (χ3v) is 6.49. The van der Waals surface area contributed by atoms with Crippen molar-refractivity contribution in [2.45, 2.75) is 58.3 Å². The zero-order valence-corrected chi connectivity index (χ0v) is 15.8. The van der Waals surface area contributed by atoms with Gasteiger partial charge in [-0.1, -0.05) is 25.5 Å². The SMILES string of the molecule is [3H]CC1(CO)CCN(C(=O)CCCCCNC(=O)C2CC3C=CC2C3)CC1. The summed E-state index contributed by atoms with van der Waals surface area (Å²) in [7, 11) is 0. The maximum Gasteiger partial charge on any atom is 0.223 e. The molecule has 3 aliphatic rings. The molecule has 2 fully saturated rings. The smallest absolute Gasteiger partial charge is 0.223 e. The van der Waals surface area contributed by atoms with Crippen LogP contribution in [-0.4, -0.2) is 48.1 Å². The number of carbonyl (C=O) groups excluding carboxylic acids is 2. The van der Waals surface area contributed by atoms with E-state index in [1.54, 1.807) is 0 Å². The summed E-state index contributed by atoms with van der Waals surface area (Å²) in [5.41, 5.74) is -0.302. The zero-order valence-electron chi connectivity index (χ0n) is 16.8. The van der Waals surface area contributed by atoms with Gasteiger partial charge in [-0.05, 0) is 55.8 Å². The number of allylic oxidation sites excluding steroid dienone is 2. The quantitative estimate of drug-likeness (QED) is 0.513. The van der Waals surface area contributed by atoms with Crippen molar-refractivity contribution in [3.63, 3.8) is 0 Å². The van der Waals surface area contributed by atoms with Gasteiger partial charge in [-0.3, -0.25) is 9.59 Å². The molecule has 1 saturated carbocycles. The second-order valence-electron chi connectivity index (χ2n) is 8.53. The van der Waals surface area contributed by atoms with E-state index in [0.717, 1.165) is 44.9 Å². The minimum Gasteiger partial charge on any atom is -0.396 e. The van der Waals surface area contributed by atoms with Crippen LogP contribution in [0.2, 0.25) is 0 Å². The number of fused-ring (bicyclic) bond motifs is 2. The summed E-state index contributed by atoms with van der Waals surface area (Å²) >= 11 is 0. The predicted octanol–water partition coefficient (Wildman–Crippen LogP) is 2.50. The van der Waals surface area contributed by atoms with Crippen molar-refractivity contribution in [1.29, 1.82) is 0 Å². The Morgan fingerprint density at radius 1 is 1.23 bits per heavy atom. The van der Waals surface area contributed by atoms with Gasteiger partial charge < -0.3 is 15.3 Å². The number of unbranched alkanes of at least 4 members (excludes halogenated alkanes) is 2. The molecule has 0 aromatic heterocycles. The lowest BCUT2D eigenvalue weighted by molar-refractivity contribution is -0.134. The molecule has 2 bridgehead atoms. The number of aliphatic hydroxyl groups is 1. The Morgan fingerprint density at radius 2 is 2.04 bits per heavy atom. The van der Waals surface area contributed by atoms with Gasteiger partial charge in [0, 0.05) is 40.0 Å². The predicted molar refractivity (Wildman–Crippen MR) is 101 cm³/mol. The topological polar surface area (TPSA) is 69.6 Å². The molecule has 2 N–H and O–H groups in total. The largest absolute Gasteiger partial charge is 0.396 e. The molecule has 1 saturated heterocycles. The van der Waals surface area contributed by atoms with Gasteiger partial charge in [0.15, 0.2) is 0 Å². The molecule has 2 amide bonds. The number of carbonyl (C=O) groups is 2. The first-order chi connectivity index (χ1) is 13.1. The standard InChI is InChI=1S/C21H34N2O3/c1-21(15-24)8-11-23(12-9-21)19(25)5-3-2-4-10-22-20(26)18-14-16-6-7-17(18)13-16/h6-7,16-18,24H,2-5,8-15H2,1H3,(H,22,26)/i1T. The van der Waals surface area contributed by atoms with Gasteiger partial charge in [0.05, 0.1) is 0 Å². The lowest BCUT2D eigenvalue weighted by atomic mass is 9.81. The van der Waals surface area contributed by atoms with E-state index in [1.807, 2.05) is 4.90 Å². The van der Waals surface area contributed by atoms with E-state index in [-0.39, 0.29) is 36.7 Å². The molecule has 0 aromatic rings. The van der Waals surface area contributed by atoms with Crippen LogP contribution in [-0.2, 0) is 9.59 Å². The Morgan fingerprint density at radius 3 is 2.65 bits per heavy atom. The van der Waals surface area contributed by atoms with Crippen molar-refractivity contribution < 1.29 is 16.1 Å². The van der Waals surface area contributed by atoms with Crippen LogP contribution >= 0.6 is 0 Å². The van der Waals surface area contributed by atoms with E-state index in [2.05, 4.69) is 17.5 Å². The van der Waals surface area contributed by atoms with Gasteiger partial charge in [-0.25, -0.2) is 0 Å². The molecular weight excluding hydrogens is 328 g/mol. The van der Waals surface area contributed by atoms with Gasteiger partial charge >= 0.3 is 0 Å². The molecule has 146 valence electrons. The van der Waals surface area contributed by atoms with E-state index in [0.29, 0.717) is 37.9 Å². The van der Waals surface area contributed by atoms with E-state index >= 15 is 0 Å². The first-order valence-electron chi connectivity index (χ1n) is 10.9. The highest BCUT2D eigenvalue weighted by Gasteiger charge is 2.39. The number of aliphatic hydroxyl groups excluding tert-OH is 1. The molecule has 5 heteroatoms. The van der Waals surface area contributed by atoms with Crippen LogP contribution in [0.25, 0.3) is 0 Å². The maximum atomic E-state index is 12.3. The van der Waals surface area contributed by atoms with Crippen LogP contribution in [0.4, 0.5) is 0 Å². The molecule has 3 atom stereocenters. The summed E-state index contributed by atoms with van der Waals surface area (Å²) in [6.07, 6.45) is 11.3. The summed E-state index contributed by atoms with van der Waals surface area (Å²) in [5.74, 6) is 1.64. The Balaban J connectivity index is 1.24. The molecular formula is C21H34N2O3. The molecule has 0 spiro atoms. The highest BCUT2D eigenvalue weighted by Crippen LogP contribution is 2.43. The van der Waals surface area contributed by atoms with E-state index < -0.39 is 0 Å². The Hall–Kier alpha value is -1.36. The van der Waals surface area contributed by atoms with Crippen LogP contribution < -0.4 is 5.32 Å². The van der Waals surface area contributed by atoms with Crippen LogP contribution in [0.5, 0.6) is 0 Å². The third-order valence-electron chi connectivity index (χ3n) is 6.49. The van der Waals surface area contributed by atoms with Crippen LogP contribution in [0.1, 0.15) is 59.6 Å². The second kappa shape index (κ2) is 8.55. The highest BCUT2D eigenvalue weighted by atomic mass is 16.3. The number of amides is 2.